The molecule has 0 spiro atoms. The lowest BCUT2D eigenvalue weighted by atomic mass is 9.95. The normalized spacial score (nSPS) is 11.9. The number of carbonyl (C=O) groups is 1. The molecule has 3 aromatic rings. The molecule has 0 aliphatic rings. The molecule has 0 aliphatic heterocycles. The van der Waals surface area contributed by atoms with Crippen LogP contribution < -0.4 is 14.8 Å². The largest absolute Gasteiger partial charge is 0.490 e. The van der Waals surface area contributed by atoms with E-state index in [1.165, 1.54) is 0 Å². The lowest BCUT2D eigenvalue weighted by Crippen LogP contribution is -2.31. The van der Waals surface area contributed by atoms with E-state index in [1.54, 1.807) is 41.6 Å². The number of amides is 1. The van der Waals surface area contributed by atoms with E-state index in [0.717, 1.165) is 5.56 Å². The van der Waals surface area contributed by atoms with Gasteiger partial charge in [0, 0.05) is 18.6 Å². The molecule has 0 radical (unpaired) electrons. The average molecular weight is 409 g/mol. The van der Waals surface area contributed by atoms with E-state index in [0.29, 0.717) is 36.1 Å². The van der Waals surface area contributed by atoms with Gasteiger partial charge in [0.2, 0.25) is 0 Å². The van der Waals surface area contributed by atoms with E-state index in [2.05, 4.69) is 29.1 Å². The Bertz CT molecular complexity index is 953. The topological polar surface area (TPSA) is 78.3 Å². The highest BCUT2D eigenvalue weighted by molar-refractivity contribution is 5.94. The predicted octanol–water partition coefficient (Wildman–Crippen LogP) is 4.19. The van der Waals surface area contributed by atoms with E-state index in [-0.39, 0.29) is 17.9 Å². The summed E-state index contributed by atoms with van der Waals surface area (Å²) < 4.78 is 13.2. The van der Waals surface area contributed by atoms with Gasteiger partial charge in [-0.3, -0.25) is 9.36 Å². The van der Waals surface area contributed by atoms with Crippen molar-refractivity contribution in [2.24, 2.45) is 5.92 Å². The van der Waals surface area contributed by atoms with Crippen molar-refractivity contribution in [3.05, 3.63) is 66.4 Å². The number of nitrogens with one attached hydrogen (secondary N) is 1. The number of nitrogens with zero attached hydrogens (tertiary/aromatic N) is 3. The summed E-state index contributed by atoms with van der Waals surface area (Å²) in [5.41, 5.74) is 1.47. The van der Waals surface area contributed by atoms with Crippen LogP contribution in [0.3, 0.4) is 0 Å². The van der Waals surface area contributed by atoms with Crippen molar-refractivity contribution in [1.29, 1.82) is 0 Å². The van der Waals surface area contributed by atoms with Crippen molar-refractivity contribution in [3.8, 4) is 17.3 Å². The summed E-state index contributed by atoms with van der Waals surface area (Å²) in [7, 11) is 0. The van der Waals surface area contributed by atoms with Gasteiger partial charge in [-0.25, -0.2) is 9.97 Å². The molecule has 7 nitrogen and oxygen atoms in total. The Balaban J connectivity index is 1.80. The van der Waals surface area contributed by atoms with Gasteiger partial charge in [-0.1, -0.05) is 19.9 Å². The summed E-state index contributed by atoms with van der Waals surface area (Å²) >= 11 is 0. The summed E-state index contributed by atoms with van der Waals surface area (Å²) in [6, 6.07) is 9.19. The minimum atomic E-state index is -0.180. The zero-order valence-corrected chi connectivity index (χ0v) is 17.8. The third-order valence-electron chi connectivity index (χ3n) is 4.66. The molecule has 0 aliphatic carbocycles. The number of hydrogen-bond acceptors (Lipinski definition) is 5. The molecular formula is C23H28N4O3. The quantitative estimate of drug-likeness (QED) is 0.574. The van der Waals surface area contributed by atoms with Gasteiger partial charge in [0.1, 0.15) is 12.1 Å². The number of hydrogen-bond donors (Lipinski definition) is 1. The third kappa shape index (κ3) is 4.97. The van der Waals surface area contributed by atoms with Crippen LogP contribution >= 0.6 is 0 Å². The van der Waals surface area contributed by atoms with Crippen LogP contribution in [0.5, 0.6) is 11.5 Å². The van der Waals surface area contributed by atoms with E-state index < -0.39 is 0 Å². The fourth-order valence-electron chi connectivity index (χ4n) is 3.19. The van der Waals surface area contributed by atoms with Gasteiger partial charge in [0.15, 0.2) is 11.5 Å². The molecule has 1 atom stereocenters. The van der Waals surface area contributed by atoms with Crippen LogP contribution in [0.4, 0.5) is 0 Å². The van der Waals surface area contributed by atoms with Gasteiger partial charge in [-0.2, -0.15) is 0 Å². The summed E-state index contributed by atoms with van der Waals surface area (Å²) in [6.45, 7) is 9.12. The van der Waals surface area contributed by atoms with Crippen molar-refractivity contribution in [3.63, 3.8) is 0 Å². The molecule has 0 saturated carbocycles. The number of carbonyl (C=O) groups excluding carboxylic acids is 1. The van der Waals surface area contributed by atoms with E-state index in [1.807, 2.05) is 32.0 Å². The second-order valence-corrected chi connectivity index (χ2v) is 7.14. The molecule has 1 aromatic carbocycles. The van der Waals surface area contributed by atoms with Crippen LogP contribution in [0, 0.1) is 5.92 Å². The Morgan fingerprint density at radius 2 is 1.87 bits per heavy atom. The Morgan fingerprint density at radius 3 is 2.47 bits per heavy atom. The second-order valence-electron chi connectivity index (χ2n) is 7.14. The molecule has 0 saturated heterocycles. The van der Waals surface area contributed by atoms with Gasteiger partial charge < -0.3 is 14.8 Å². The summed E-state index contributed by atoms with van der Waals surface area (Å²) in [5.74, 6) is 2.10. The standard InChI is InChI=1S/C23H28N4O3/c1-5-29-19-9-7-17(13-20(19)30-6-2)22(16(3)4)26-23(28)18-8-10-21(25-14-18)27-12-11-24-15-27/h7-16,22H,5-6H2,1-4H3,(H,26,28). The van der Waals surface area contributed by atoms with Gasteiger partial charge in [-0.15, -0.1) is 0 Å². The van der Waals surface area contributed by atoms with Crippen molar-refractivity contribution in [1.82, 2.24) is 19.9 Å². The van der Waals surface area contributed by atoms with E-state index in [9.17, 15) is 4.79 Å². The van der Waals surface area contributed by atoms with Crippen molar-refractivity contribution in [2.75, 3.05) is 13.2 Å². The Kier molecular flexibility index (Phi) is 7.06. The average Bonchev–Trinajstić information content (AvgIpc) is 3.28. The zero-order chi connectivity index (χ0) is 21.5. The first-order chi connectivity index (χ1) is 14.5. The minimum absolute atomic E-state index is 0.176. The van der Waals surface area contributed by atoms with Crippen LogP contribution in [-0.2, 0) is 0 Å². The summed E-state index contributed by atoms with van der Waals surface area (Å²) in [4.78, 5) is 21.3. The number of imidazole rings is 1. The van der Waals surface area contributed by atoms with Gasteiger partial charge in [-0.05, 0) is 49.6 Å². The lowest BCUT2D eigenvalue weighted by molar-refractivity contribution is 0.0925. The fraction of sp³-hybridized carbons (Fsp3) is 0.348. The van der Waals surface area contributed by atoms with Gasteiger partial charge in [0.05, 0.1) is 24.8 Å². The lowest BCUT2D eigenvalue weighted by Gasteiger charge is -2.24. The monoisotopic (exact) mass is 408 g/mol. The highest BCUT2D eigenvalue weighted by Gasteiger charge is 2.21. The summed E-state index contributed by atoms with van der Waals surface area (Å²) in [6.07, 6.45) is 6.73. The molecule has 2 aromatic heterocycles. The molecular weight excluding hydrogens is 380 g/mol. The molecule has 1 amide bonds. The highest BCUT2D eigenvalue weighted by Crippen LogP contribution is 2.33. The Morgan fingerprint density at radius 1 is 1.10 bits per heavy atom. The molecule has 0 bridgehead atoms. The van der Waals surface area contributed by atoms with Crippen LogP contribution in [0.2, 0.25) is 0 Å². The molecule has 30 heavy (non-hydrogen) atoms. The Hall–Kier alpha value is -3.35. The van der Waals surface area contributed by atoms with E-state index in [4.69, 9.17) is 9.47 Å². The number of ether oxygens (including phenoxy) is 2. The number of benzene rings is 1. The number of rotatable bonds is 9. The predicted molar refractivity (Wildman–Crippen MR) is 115 cm³/mol. The minimum Gasteiger partial charge on any atom is -0.490 e. The SMILES string of the molecule is CCOc1ccc(C(NC(=O)c2ccc(-n3ccnc3)nc2)C(C)C)cc1OCC. The molecule has 158 valence electrons. The molecule has 1 N–H and O–H groups in total. The first-order valence-corrected chi connectivity index (χ1v) is 10.2. The van der Waals surface area contributed by atoms with Gasteiger partial charge in [0.25, 0.3) is 5.91 Å². The number of aromatic nitrogens is 3. The third-order valence-corrected chi connectivity index (χ3v) is 4.66. The van der Waals surface area contributed by atoms with Crippen molar-refractivity contribution in [2.45, 2.75) is 33.7 Å². The van der Waals surface area contributed by atoms with Gasteiger partial charge >= 0.3 is 0 Å². The number of pyridine rings is 1. The molecule has 1 unspecified atom stereocenters. The van der Waals surface area contributed by atoms with Crippen LogP contribution in [0.25, 0.3) is 5.82 Å². The zero-order valence-electron chi connectivity index (χ0n) is 17.8. The maximum atomic E-state index is 12.9. The van der Waals surface area contributed by atoms with Crippen LogP contribution in [0.15, 0.2) is 55.2 Å². The molecule has 3 rings (SSSR count). The maximum absolute atomic E-state index is 12.9. The smallest absolute Gasteiger partial charge is 0.253 e. The van der Waals surface area contributed by atoms with Crippen LogP contribution in [-0.4, -0.2) is 33.7 Å². The molecule has 7 heteroatoms. The first-order valence-electron chi connectivity index (χ1n) is 10.2. The van der Waals surface area contributed by atoms with E-state index >= 15 is 0 Å². The summed E-state index contributed by atoms with van der Waals surface area (Å²) in [5, 5.41) is 3.13. The first kappa shape index (κ1) is 21.4. The van der Waals surface area contributed by atoms with Crippen molar-refractivity contribution < 1.29 is 14.3 Å². The highest BCUT2D eigenvalue weighted by atomic mass is 16.5. The second kappa shape index (κ2) is 9.91. The molecule has 2 heterocycles. The molecule has 0 fully saturated rings. The van der Waals surface area contributed by atoms with Crippen molar-refractivity contribution >= 4 is 5.91 Å². The maximum Gasteiger partial charge on any atom is 0.253 e. The Labute approximate surface area is 177 Å². The van der Waals surface area contributed by atoms with Crippen LogP contribution in [0.1, 0.15) is 49.7 Å². The fourth-order valence-corrected chi connectivity index (χ4v) is 3.19.